The van der Waals surface area contributed by atoms with E-state index in [2.05, 4.69) is 15.9 Å². The van der Waals surface area contributed by atoms with E-state index in [-0.39, 0.29) is 18.8 Å². The monoisotopic (exact) mass is 246 g/mol. The summed E-state index contributed by atoms with van der Waals surface area (Å²) in [5.74, 6) is 0.830. The van der Waals surface area contributed by atoms with Gasteiger partial charge in [-0.15, -0.1) is 0 Å². The lowest BCUT2D eigenvalue weighted by Gasteiger charge is -2.09. The SMILES string of the molecule is OCC1CCC(c2occc2Br)O1. The molecule has 2 atom stereocenters. The van der Waals surface area contributed by atoms with Crippen LogP contribution < -0.4 is 0 Å². The Hall–Kier alpha value is -0.320. The molecule has 0 amide bonds. The van der Waals surface area contributed by atoms with E-state index in [1.165, 1.54) is 0 Å². The molecule has 13 heavy (non-hydrogen) atoms. The van der Waals surface area contributed by atoms with Gasteiger partial charge in [-0.25, -0.2) is 0 Å². The lowest BCUT2D eigenvalue weighted by molar-refractivity contribution is 0.00178. The highest BCUT2D eigenvalue weighted by Crippen LogP contribution is 2.36. The summed E-state index contributed by atoms with van der Waals surface area (Å²) >= 11 is 3.38. The van der Waals surface area contributed by atoms with E-state index in [4.69, 9.17) is 14.3 Å². The van der Waals surface area contributed by atoms with E-state index in [1.807, 2.05) is 6.07 Å². The first-order valence-corrected chi connectivity index (χ1v) is 5.09. The molecule has 1 aliphatic heterocycles. The third-order valence-corrected chi connectivity index (χ3v) is 2.90. The molecule has 72 valence electrons. The van der Waals surface area contributed by atoms with Gasteiger partial charge < -0.3 is 14.3 Å². The molecule has 0 bridgehead atoms. The van der Waals surface area contributed by atoms with Gasteiger partial charge in [-0.05, 0) is 34.8 Å². The Morgan fingerprint density at radius 1 is 1.54 bits per heavy atom. The smallest absolute Gasteiger partial charge is 0.146 e. The Morgan fingerprint density at radius 2 is 2.38 bits per heavy atom. The molecule has 1 aliphatic rings. The molecule has 0 aliphatic carbocycles. The van der Waals surface area contributed by atoms with Crippen LogP contribution in [-0.2, 0) is 4.74 Å². The molecule has 4 heteroatoms. The van der Waals surface area contributed by atoms with Gasteiger partial charge in [0.05, 0.1) is 23.4 Å². The molecule has 0 radical (unpaired) electrons. The molecule has 1 aromatic rings. The number of rotatable bonds is 2. The van der Waals surface area contributed by atoms with Crippen molar-refractivity contribution in [2.24, 2.45) is 0 Å². The molecule has 2 unspecified atom stereocenters. The molecule has 2 rings (SSSR count). The van der Waals surface area contributed by atoms with Gasteiger partial charge in [0.15, 0.2) is 0 Å². The van der Waals surface area contributed by atoms with E-state index in [9.17, 15) is 0 Å². The number of furan rings is 1. The highest BCUT2D eigenvalue weighted by Gasteiger charge is 2.29. The maximum absolute atomic E-state index is 8.88. The molecule has 3 nitrogen and oxygen atoms in total. The Kier molecular flexibility index (Phi) is 2.71. The number of aliphatic hydroxyl groups is 1. The summed E-state index contributed by atoms with van der Waals surface area (Å²) in [6.07, 6.45) is 3.42. The van der Waals surface area contributed by atoms with E-state index in [0.29, 0.717) is 0 Å². The number of halogens is 1. The van der Waals surface area contributed by atoms with Gasteiger partial charge in [0, 0.05) is 0 Å². The minimum absolute atomic E-state index is 0.00141. The van der Waals surface area contributed by atoms with E-state index >= 15 is 0 Å². The summed E-state index contributed by atoms with van der Waals surface area (Å²) in [5.41, 5.74) is 0. The van der Waals surface area contributed by atoms with Crippen LogP contribution in [0.25, 0.3) is 0 Å². The van der Waals surface area contributed by atoms with Crippen molar-refractivity contribution in [3.63, 3.8) is 0 Å². The van der Waals surface area contributed by atoms with Gasteiger partial charge in [-0.1, -0.05) is 0 Å². The van der Waals surface area contributed by atoms with E-state index in [1.54, 1.807) is 6.26 Å². The van der Waals surface area contributed by atoms with E-state index in [0.717, 1.165) is 23.1 Å². The second kappa shape index (κ2) is 3.82. The average molecular weight is 247 g/mol. The quantitative estimate of drug-likeness (QED) is 0.871. The topological polar surface area (TPSA) is 42.6 Å². The molecule has 1 aromatic heterocycles. The van der Waals surface area contributed by atoms with Gasteiger partial charge in [-0.2, -0.15) is 0 Å². The number of hydrogen-bond donors (Lipinski definition) is 1. The van der Waals surface area contributed by atoms with Crippen LogP contribution >= 0.6 is 15.9 Å². The molecule has 0 aromatic carbocycles. The fourth-order valence-corrected chi connectivity index (χ4v) is 2.02. The third-order valence-electron chi connectivity index (χ3n) is 2.25. The molecule has 0 saturated carbocycles. The van der Waals surface area contributed by atoms with Gasteiger partial charge in [-0.3, -0.25) is 0 Å². The lowest BCUT2D eigenvalue weighted by Crippen LogP contribution is -2.10. The summed E-state index contributed by atoms with van der Waals surface area (Å²) in [6.45, 7) is 0.0921. The highest BCUT2D eigenvalue weighted by molar-refractivity contribution is 9.10. The molecule has 1 saturated heterocycles. The second-order valence-corrected chi connectivity index (χ2v) is 3.99. The highest BCUT2D eigenvalue weighted by atomic mass is 79.9. The summed E-state index contributed by atoms with van der Waals surface area (Å²) in [6, 6.07) is 1.85. The van der Waals surface area contributed by atoms with Crippen molar-refractivity contribution in [3.8, 4) is 0 Å². The van der Waals surface area contributed by atoms with Crippen molar-refractivity contribution in [2.75, 3.05) is 6.61 Å². The van der Waals surface area contributed by atoms with Crippen LogP contribution in [0.3, 0.4) is 0 Å². The summed E-state index contributed by atoms with van der Waals surface area (Å²) in [7, 11) is 0. The maximum atomic E-state index is 8.88. The van der Waals surface area contributed by atoms with Crippen molar-refractivity contribution in [1.82, 2.24) is 0 Å². The Labute approximate surface area is 84.8 Å². The summed E-state index contributed by atoms with van der Waals surface area (Å²) < 4.78 is 11.8. The molecular formula is C9H11BrO3. The van der Waals surface area contributed by atoms with Crippen LogP contribution in [0.2, 0.25) is 0 Å². The molecule has 0 spiro atoms. The van der Waals surface area contributed by atoms with Crippen LogP contribution in [0, 0.1) is 0 Å². The fraction of sp³-hybridized carbons (Fsp3) is 0.556. The predicted octanol–water partition coefficient (Wildman–Crippen LogP) is 2.25. The largest absolute Gasteiger partial charge is 0.465 e. The number of hydrogen-bond acceptors (Lipinski definition) is 3. The predicted molar refractivity (Wildman–Crippen MR) is 50.3 cm³/mol. The number of ether oxygens (including phenoxy) is 1. The first kappa shape index (κ1) is 9.24. The molecule has 2 heterocycles. The molecule has 1 N–H and O–H groups in total. The minimum Gasteiger partial charge on any atom is -0.465 e. The zero-order chi connectivity index (χ0) is 9.26. The molecule has 1 fully saturated rings. The third kappa shape index (κ3) is 1.80. The first-order chi connectivity index (χ1) is 6.31. The van der Waals surface area contributed by atoms with Crippen LogP contribution in [0.5, 0.6) is 0 Å². The van der Waals surface area contributed by atoms with Crippen LogP contribution in [0.15, 0.2) is 21.2 Å². The van der Waals surface area contributed by atoms with Crippen molar-refractivity contribution in [2.45, 2.75) is 25.0 Å². The summed E-state index contributed by atoms with van der Waals surface area (Å²) in [5, 5.41) is 8.88. The minimum atomic E-state index is -0.0259. The van der Waals surface area contributed by atoms with Gasteiger partial charge in [0.2, 0.25) is 0 Å². The van der Waals surface area contributed by atoms with Gasteiger partial charge >= 0.3 is 0 Å². The normalized spacial score (nSPS) is 28.2. The Bertz CT molecular complexity index is 284. The average Bonchev–Trinajstić information content (AvgIpc) is 2.71. The fourth-order valence-electron chi connectivity index (χ4n) is 1.57. The first-order valence-electron chi connectivity index (χ1n) is 4.30. The standard InChI is InChI=1S/C9H11BrO3/c10-7-3-4-12-9(7)8-2-1-6(5-11)13-8/h3-4,6,8,11H,1-2,5H2. The van der Waals surface area contributed by atoms with Gasteiger partial charge in [0.1, 0.15) is 11.9 Å². The maximum Gasteiger partial charge on any atom is 0.146 e. The van der Waals surface area contributed by atoms with Crippen molar-refractivity contribution >= 4 is 15.9 Å². The summed E-state index contributed by atoms with van der Waals surface area (Å²) in [4.78, 5) is 0. The van der Waals surface area contributed by atoms with Crippen molar-refractivity contribution in [1.29, 1.82) is 0 Å². The van der Waals surface area contributed by atoms with E-state index < -0.39 is 0 Å². The lowest BCUT2D eigenvalue weighted by atomic mass is 10.2. The van der Waals surface area contributed by atoms with Crippen LogP contribution in [-0.4, -0.2) is 17.8 Å². The van der Waals surface area contributed by atoms with Crippen molar-refractivity contribution < 1.29 is 14.3 Å². The zero-order valence-corrected chi connectivity index (χ0v) is 8.66. The number of aliphatic hydroxyl groups excluding tert-OH is 1. The van der Waals surface area contributed by atoms with Crippen molar-refractivity contribution in [3.05, 3.63) is 22.6 Å². The molecular weight excluding hydrogens is 236 g/mol. The van der Waals surface area contributed by atoms with Crippen LogP contribution in [0.1, 0.15) is 24.7 Å². The second-order valence-electron chi connectivity index (χ2n) is 3.14. The zero-order valence-electron chi connectivity index (χ0n) is 7.07. The van der Waals surface area contributed by atoms with Crippen LogP contribution in [0.4, 0.5) is 0 Å². The van der Waals surface area contributed by atoms with Gasteiger partial charge in [0.25, 0.3) is 0 Å². The Morgan fingerprint density at radius 3 is 2.92 bits per heavy atom. The Balaban J connectivity index is 2.08.